The van der Waals surface area contributed by atoms with Crippen LogP contribution >= 0.6 is 0 Å². The van der Waals surface area contributed by atoms with E-state index >= 15 is 0 Å². The van der Waals surface area contributed by atoms with Crippen LogP contribution in [0.2, 0.25) is 0 Å². The van der Waals surface area contributed by atoms with E-state index in [1.54, 1.807) is 14.2 Å². The molecule has 0 amide bonds. The van der Waals surface area contributed by atoms with Gasteiger partial charge < -0.3 is 23.7 Å². The van der Waals surface area contributed by atoms with Crippen LogP contribution in [0.25, 0.3) is 0 Å². The summed E-state index contributed by atoms with van der Waals surface area (Å²) in [5.74, 6) is -3.34. The zero-order valence-corrected chi connectivity index (χ0v) is 28.0. The Kier molecular flexibility index (Phi) is 14.5. The molecule has 0 saturated carbocycles. The number of unbranched alkanes of at least 4 members (excludes halogenated alkanes) is 5. The van der Waals surface area contributed by atoms with Crippen molar-refractivity contribution in [2.45, 2.75) is 88.1 Å². The largest absolute Gasteiger partial charge is 0.492 e. The number of sulfonamides is 1. The maximum absolute atomic E-state index is 13.0. The van der Waals surface area contributed by atoms with Crippen molar-refractivity contribution >= 4 is 10.0 Å². The number of hydrogen-bond donors (Lipinski definition) is 1. The van der Waals surface area contributed by atoms with Crippen LogP contribution in [0.15, 0.2) is 42.5 Å². The Balaban J connectivity index is 1.49. The zero-order valence-electron chi connectivity index (χ0n) is 27.2. The Labute approximate surface area is 274 Å². The lowest BCUT2D eigenvalue weighted by Gasteiger charge is -2.43. The van der Waals surface area contributed by atoms with E-state index < -0.39 is 40.7 Å². The SMILES string of the molecule is COCOc1ccc(C2(C)COc3cc(OCOC)ccc3C2CCCCCCCCNS(=O)(=O)CCCC(F)(F)C(F)(F)F)cc1. The van der Waals surface area contributed by atoms with E-state index in [0.29, 0.717) is 24.5 Å². The van der Waals surface area contributed by atoms with Gasteiger partial charge in [0.2, 0.25) is 10.0 Å². The molecule has 2 atom stereocenters. The van der Waals surface area contributed by atoms with Gasteiger partial charge >= 0.3 is 12.1 Å². The first kappa shape index (κ1) is 38.8. The Morgan fingerprint density at radius 1 is 0.851 bits per heavy atom. The zero-order chi connectivity index (χ0) is 34.6. The molecule has 1 N–H and O–H groups in total. The number of nitrogens with one attached hydrogen (secondary N) is 1. The number of ether oxygens (including phenoxy) is 5. The highest BCUT2D eigenvalue weighted by molar-refractivity contribution is 7.89. The fraction of sp³-hybridized carbons (Fsp3) is 0.636. The Morgan fingerprint density at radius 3 is 2.09 bits per heavy atom. The van der Waals surface area contributed by atoms with Crippen molar-refractivity contribution in [3.05, 3.63) is 53.6 Å². The van der Waals surface area contributed by atoms with E-state index in [1.165, 1.54) is 0 Å². The van der Waals surface area contributed by atoms with Gasteiger partial charge in [-0.3, -0.25) is 0 Å². The molecule has 2 aromatic rings. The van der Waals surface area contributed by atoms with Crippen LogP contribution < -0.4 is 18.9 Å². The third kappa shape index (κ3) is 11.5. The molecule has 14 heteroatoms. The summed E-state index contributed by atoms with van der Waals surface area (Å²) in [4.78, 5) is 0. The topological polar surface area (TPSA) is 92.3 Å². The first-order valence-corrected chi connectivity index (χ1v) is 17.4. The van der Waals surface area contributed by atoms with Gasteiger partial charge in [0.1, 0.15) is 17.2 Å². The third-order valence-corrected chi connectivity index (χ3v) is 9.89. The maximum Gasteiger partial charge on any atom is 0.453 e. The van der Waals surface area contributed by atoms with Crippen molar-refractivity contribution in [2.75, 3.05) is 46.7 Å². The van der Waals surface area contributed by atoms with Crippen LogP contribution in [-0.4, -0.2) is 67.2 Å². The van der Waals surface area contributed by atoms with Gasteiger partial charge in [-0.1, -0.05) is 57.2 Å². The van der Waals surface area contributed by atoms with Crippen LogP contribution in [0, 0.1) is 0 Å². The van der Waals surface area contributed by atoms with Gasteiger partial charge in [-0.2, -0.15) is 22.0 Å². The monoisotopic (exact) mass is 695 g/mol. The summed E-state index contributed by atoms with van der Waals surface area (Å²) >= 11 is 0. The Hall–Kier alpha value is -2.68. The fourth-order valence-electron chi connectivity index (χ4n) is 5.74. The lowest BCUT2D eigenvalue weighted by Crippen LogP contribution is -2.40. The lowest BCUT2D eigenvalue weighted by molar-refractivity contribution is -0.284. The smallest absolute Gasteiger partial charge is 0.453 e. The molecule has 1 aliphatic heterocycles. The predicted molar refractivity (Wildman–Crippen MR) is 168 cm³/mol. The predicted octanol–water partition coefficient (Wildman–Crippen LogP) is 7.71. The summed E-state index contributed by atoms with van der Waals surface area (Å²) in [5.41, 5.74) is 1.94. The number of alkyl halides is 5. The molecule has 0 radical (unpaired) electrons. The Bertz CT molecular complexity index is 1340. The lowest BCUT2D eigenvalue weighted by atomic mass is 9.66. The van der Waals surface area contributed by atoms with Crippen molar-refractivity contribution in [3.8, 4) is 17.2 Å². The van der Waals surface area contributed by atoms with Crippen LogP contribution in [0.1, 0.15) is 81.8 Å². The second kappa shape index (κ2) is 17.6. The van der Waals surface area contributed by atoms with Crippen molar-refractivity contribution in [1.82, 2.24) is 4.72 Å². The summed E-state index contributed by atoms with van der Waals surface area (Å²) in [6, 6.07) is 13.9. The summed E-state index contributed by atoms with van der Waals surface area (Å²) in [6.07, 6.45) is -2.05. The van der Waals surface area contributed by atoms with Crippen LogP contribution in [0.3, 0.4) is 0 Å². The summed E-state index contributed by atoms with van der Waals surface area (Å²) < 4.78 is 117. The molecule has 0 saturated heterocycles. The molecule has 0 fully saturated rings. The number of benzene rings is 2. The molecule has 2 aromatic carbocycles. The first-order valence-electron chi connectivity index (χ1n) is 15.7. The molecular weight excluding hydrogens is 649 g/mol. The maximum atomic E-state index is 13.0. The third-order valence-electron chi connectivity index (χ3n) is 8.42. The molecule has 0 bridgehead atoms. The van der Waals surface area contributed by atoms with Gasteiger partial charge in [-0.15, -0.1) is 0 Å². The normalized spacial score (nSPS) is 18.4. The van der Waals surface area contributed by atoms with Gasteiger partial charge in [-0.25, -0.2) is 13.1 Å². The van der Waals surface area contributed by atoms with Crippen LogP contribution in [0.5, 0.6) is 17.2 Å². The highest BCUT2D eigenvalue weighted by atomic mass is 32.2. The van der Waals surface area contributed by atoms with Gasteiger partial charge in [-0.05, 0) is 48.6 Å². The quantitative estimate of drug-likeness (QED) is 0.0813. The van der Waals surface area contributed by atoms with Gasteiger partial charge in [0.15, 0.2) is 13.6 Å². The number of hydrogen-bond acceptors (Lipinski definition) is 7. The van der Waals surface area contributed by atoms with Crippen molar-refractivity contribution in [1.29, 1.82) is 0 Å². The molecule has 2 unspecified atom stereocenters. The minimum Gasteiger partial charge on any atom is -0.492 e. The number of methoxy groups -OCH3 is 2. The van der Waals surface area contributed by atoms with E-state index in [-0.39, 0.29) is 31.5 Å². The number of fused-ring (bicyclic) bond motifs is 1. The molecular formula is C33H46F5NO7S. The second-order valence-electron chi connectivity index (χ2n) is 12.0. The van der Waals surface area contributed by atoms with Crippen molar-refractivity contribution in [2.24, 2.45) is 0 Å². The van der Waals surface area contributed by atoms with E-state index in [1.807, 2.05) is 24.3 Å². The standard InChI is InChI=1S/C33H46F5NO7S/c1-31(25-12-14-26(15-13-25)45-23-42-2)22-44-30-21-27(46-24-43-3)16-17-28(30)29(31)11-8-6-4-5-7-9-19-39-47(40,41)20-10-18-32(34,35)33(36,37)38/h12-17,21,29,39H,4-11,18-20,22-24H2,1-3H3. The van der Waals surface area contributed by atoms with Crippen LogP contribution in [0.4, 0.5) is 22.0 Å². The minimum atomic E-state index is -5.69. The number of rotatable bonds is 21. The molecule has 0 spiro atoms. The summed E-state index contributed by atoms with van der Waals surface area (Å²) in [7, 11) is -0.792. The molecule has 0 aromatic heterocycles. The van der Waals surface area contributed by atoms with Crippen molar-refractivity contribution < 1.29 is 54.1 Å². The molecule has 0 aliphatic carbocycles. The van der Waals surface area contributed by atoms with Crippen molar-refractivity contribution in [3.63, 3.8) is 0 Å². The molecule has 8 nitrogen and oxygen atoms in total. The molecule has 3 rings (SSSR count). The fourth-order valence-corrected chi connectivity index (χ4v) is 6.86. The average Bonchev–Trinajstić information content (AvgIpc) is 3.02. The van der Waals surface area contributed by atoms with Gasteiger partial charge in [0.25, 0.3) is 0 Å². The van der Waals surface area contributed by atoms with E-state index in [4.69, 9.17) is 23.7 Å². The highest BCUT2D eigenvalue weighted by Gasteiger charge is 2.56. The van der Waals surface area contributed by atoms with Gasteiger partial charge in [0, 0.05) is 44.6 Å². The Morgan fingerprint density at radius 2 is 1.45 bits per heavy atom. The van der Waals surface area contributed by atoms with E-state index in [9.17, 15) is 30.4 Å². The molecule has 1 aliphatic rings. The van der Waals surface area contributed by atoms with E-state index in [2.05, 4.69) is 29.8 Å². The first-order chi connectivity index (χ1) is 22.2. The summed E-state index contributed by atoms with van der Waals surface area (Å²) in [5, 5.41) is 0. The highest BCUT2D eigenvalue weighted by Crippen LogP contribution is 2.50. The minimum absolute atomic E-state index is 0.112. The van der Waals surface area contributed by atoms with Gasteiger partial charge in [0.05, 0.1) is 12.4 Å². The molecule has 47 heavy (non-hydrogen) atoms. The average molecular weight is 696 g/mol. The second-order valence-corrected chi connectivity index (χ2v) is 13.9. The molecule has 266 valence electrons. The van der Waals surface area contributed by atoms with E-state index in [0.717, 1.165) is 55.4 Å². The van der Waals surface area contributed by atoms with Crippen LogP contribution in [-0.2, 0) is 24.9 Å². The number of halogens is 5. The molecule has 1 heterocycles. The summed E-state index contributed by atoms with van der Waals surface area (Å²) in [6.45, 7) is 3.11.